The number of halogens is 2. The fourth-order valence-corrected chi connectivity index (χ4v) is 3.35. The number of fused-ring (bicyclic) bond motifs is 1. The van der Waals surface area contributed by atoms with Crippen molar-refractivity contribution in [2.75, 3.05) is 6.54 Å². The molecule has 2 aromatic rings. The molecular formula is C16H25Cl2N5O. The molecule has 1 fully saturated rings. The summed E-state index contributed by atoms with van der Waals surface area (Å²) in [4.78, 5) is 12.3. The largest absolute Gasteiger partial charge is 0.349 e. The van der Waals surface area contributed by atoms with Crippen LogP contribution in [0.3, 0.4) is 0 Å². The fourth-order valence-electron chi connectivity index (χ4n) is 3.35. The van der Waals surface area contributed by atoms with Crippen LogP contribution in [0.5, 0.6) is 0 Å². The van der Waals surface area contributed by atoms with Crippen LogP contribution in [0, 0.1) is 5.41 Å². The maximum absolute atomic E-state index is 12.3. The van der Waals surface area contributed by atoms with Crippen molar-refractivity contribution in [2.24, 2.45) is 11.1 Å². The molecule has 2 heterocycles. The Bertz CT molecular complexity index is 655. The zero-order valence-electron chi connectivity index (χ0n) is 13.6. The second kappa shape index (κ2) is 9.20. The molecule has 0 aliphatic heterocycles. The Labute approximate surface area is 154 Å². The van der Waals surface area contributed by atoms with Gasteiger partial charge in [0.2, 0.25) is 5.91 Å². The molecule has 0 saturated heterocycles. The molecule has 0 radical (unpaired) electrons. The third kappa shape index (κ3) is 4.59. The first-order valence-corrected chi connectivity index (χ1v) is 7.98. The van der Waals surface area contributed by atoms with Crippen molar-refractivity contribution < 1.29 is 4.79 Å². The summed E-state index contributed by atoms with van der Waals surface area (Å²) < 4.78 is 1.89. The summed E-state index contributed by atoms with van der Waals surface area (Å²) in [7, 11) is 0. The van der Waals surface area contributed by atoms with E-state index in [1.165, 1.54) is 19.3 Å². The minimum absolute atomic E-state index is 0. The Morgan fingerprint density at radius 1 is 1.21 bits per heavy atom. The smallest absolute Gasteiger partial charge is 0.220 e. The summed E-state index contributed by atoms with van der Waals surface area (Å²) in [5.74, 6) is 0.800. The van der Waals surface area contributed by atoms with E-state index in [4.69, 9.17) is 5.73 Å². The van der Waals surface area contributed by atoms with Crippen molar-refractivity contribution in [3.05, 3.63) is 30.2 Å². The Morgan fingerprint density at radius 2 is 1.96 bits per heavy atom. The number of pyridine rings is 1. The zero-order chi connectivity index (χ0) is 15.4. The standard InChI is InChI=1S/C16H23N5O.2ClH/c17-12-16(7-3-1-4-8-16)10-15(22)18-11-14-20-19-13-6-2-5-9-21(13)14;;/h2,5-6,9H,1,3-4,7-8,10-12,17H2,(H,18,22);2*1H. The summed E-state index contributed by atoms with van der Waals surface area (Å²) in [6.45, 7) is 0.985. The molecule has 0 aromatic carbocycles. The summed E-state index contributed by atoms with van der Waals surface area (Å²) in [5.41, 5.74) is 6.73. The Balaban J connectivity index is 0.00000144. The number of hydrogen-bond donors (Lipinski definition) is 2. The topological polar surface area (TPSA) is 85.3 Å². The van der Waals surface area contributed by atoms with Gasteiger partial charge < -0.3 is 11.1 Å². The van der Waals surface area contributed by atoms with Gasteiger partial charge in [-0.25, -0.2) is 0 Å². The molecule has 1 aliphatic carbocycles. The lowest BCUT2D eigenvalue weighted by atomic mass is 9.71. The first-order valence-electron chi connectivity index (χ1n) is 7.98. The molecule has 6 nitrogen and oxygen atoms in total. The van der Waals surface area contributed by atoms with Gasteiger partial charge in [0.25, 0.3) is 0 Å². The van der Waals surface area contributed by atoms with Crippen molar-refractivity contribution in [3.63, 3.8) is 0 Å². The van der Waals surface area contributed by atoms with Gasteiger partial charge in [0.05, 0.1) is 6.54 Å². The molecule has 8 heteroatoms. The molecule has 1 aliphatic rings. The lowest BCUT2D eigenvalue weighted by Crippen LogP contribution is -2.38. The van der Waals surface area contributed by atoms with Crippen LogP contribution in [0.4, 0.5) is 0 Å². The fraction of sp³-hybridized carbons (Fsp3) is 0.562. The number of rotatable bonds is 5. The van der Waals surface area contributed by atoms with E-state index in [0.29, 0.717) is 19.5 Å². The number of hydrogen-bond acceptors (Lipinski definition) is 4. The molecule has 1 amide bonds. The van der Waals surface area contributed by atoms with Gasteiger partial charge in [0.15, 0.2) is 11.5 Å². The van der Waals surface area contributed by atoms with Crippen molar-refractivity contribution in [2.45, 2.75) is 45.1 Å². The van der Waals surface area contributed by atoms with Crippen molar-refractivity contribution in [3.8, 4) is 0 Å². The van der Waals surface area contributed by atoms with Crippen LogP contribution in [0.2, 0.25) is 0 Å². The lowest BCUT2D eigenvalue weighted by Gasteiger charge is -2.35. The molecule has 24 heavy (non-hydrogen) atoms. The minimum Gasteiger partial charge on any atom is -0.349 e. The predicted molar refractivity (Wildman–Crippen MR) is 98.5 cm³/mol. The van der Waals surface area contributed by atoms with Crippen molar-refractivity contribution in [1.82, 2.24) is 19.9 Å². The van der Waals surface area contributed by atoms with Crippen LogP contribution in [0.15, 0.2) is 24.4 Å². The number of nitrogens with one attached hydrogen (secondary N) is 1. The van der Waals surface area contributed by atoms with Crippen LogP contribution in [-0.2, 0) is 11.3 Å². The van der Waals surface area contributed by atoms with Gasteiger partial charge in [-0.15, -0.1) is 35.0 Å². The van der Waals surface area contributed by atoms with E-state index in [1.54, 1.807) is 0 Å². The molecule has 134 valence electrons. The van der Waals surface area contributed by atoms with Gasteiger partial charge in [-0.3, -0.25) is 9.20 Å². The molecule has 0 bridgehead atoms. The minimum atomic E-state index is -0.00472. The first kappa shape index (κ1) is 20.7. The summed E-state index contributed by atoms with van der Waals surface area (Å²) >= 11 is 0. The molecule has 1 saturated carbocycles. The number of nitrogens with zero attached hydrogens (tertiary/aromatic N) is 3. The Kier molecular flexibility index (Phi) is 7.93. The van der Waals surface area contributed by atoms with Crippen molar-refractivity contribution >= 4 is 36.4 Å². The van der Waals surface area contributed by atoms with Gasteiger partial charge in [0.1, 0.15) is 0 Å². The van der Waals surface area contributed by atoms with Crippen LogP contribution in [-0.4, -0.2) is 27.0 Å². The predicted octanol–water partition coefficient (Wildman–Crippen LogP) is 2.49. The Morgan fingerprint density at radius 3 is 2.67 bits per heavy atom. The zero-order valence-corrected chi connectivity index (χ0v) is 15.2. The quantitative estimate of drug-likeness (QED) is 0.842. The highest BCUT2D eigenvalue weighted by Crippen LogP contribution is 2.38. The van der Waals surface area contributed by atoms with Crippen LogP contribution < -0.4 is 11.1 Å². The molecule has 2 aromatic heterocycles. The van der Waals surface area contributed by atoms with Crippen LogP contribution in [0.25, 0.3) is 5.65 Å². The SMILES string of the molecule is Cl.Cl.NCC1(CC(=O)NCc2nnc3ccccn23)CCCCC1. The van der Waals surface area contributed by atoms with E-state index in [0.717, 1.165) is 24.3 Å². The Hall–Kier alpha value is -1.37. The van der Waals surface area contributed by atoms with Gasteiger partial charge >= 0.3 is 0 Å². The molecule has 0 atom stereocenters. The maximum atomic E-state index is 12.3. The van der Waals surface area contributed by atoms with E-state index >= 15 is 0 Å². The summed E-state index contributed by atoms with van der Waals surface area (Å²) in [6.07, 6.45) is 8.16. The number of amides is 1. The summed E-state index contributed by atoms with van der Waals surface area (Å²) in [6, 6.07) is 5.73. The highest BCUT2D eigenvalue weighted by molar-refractivity contribution is 5.85. The van der Waals surface area contributed by atoms with E-state index < -0.39 is 0 Å². The van der Waals surface area contributed by atoms with E-state index in [1.807, 2.05) is 28.8 Å². The first-order chi connectivity index (χ1) is 10.7. The van der Waals surface area contributed by atoms with Crippen molar-refractivity contribution in [1.29, 1.82) is 0 Å². The lowest BCUT2D eigenvalue weighted by molar-refractivity contribution is -0.124. The number of nitrogens with two attached hydrogens (primary N) is 1. The third-order valence-corrected chi connectivity index (χ3v) is 4.71. The number of aromatic nitrogens is 3. The number of carbonyl (C=O) groups excluding carboxylic acids is 1. The average Bonchev–Trinajstić information content (AvgIpc) is 2.97. The van der Waals surface area contributed by atoms with Crippen LogP contribution >= 0.6 is 24.8 Å². The average molecular weight is 374 g/mol. The van der Waals surface area contributed by atoms with Gasteiger partial charge in [-0.2, -0.15) is 0 Å². The molecular weight excluding hydrogens is 349 g/mol. The molecule has 0 spiro atoms. The van der Waals surface area contributed by atoms with Gasteiger partial charge in [-0.05, 0) is 36.9 Å². The van der Waals surface area contributed by atoms with E-state index in [9.17, 15) is 4.79 Å². The normalized spacial score (nSPS) is 16.0. The van der Waals surface area contributed by atoms with Crippen LogP contribution in [0.1, 0.15) is 44.3 Å². The number of carbonyl (C=O) groups is 1. The monoisotopic (exact) mass is 373 g/mol. The second-order valence-corrected chi connectivity index (χ2v) is 6.26. The van der Waals surface area contributed by atoms with E-state index in [2.05, 4.69) is 15.5 Å². The molecule has 3 N–H and O–H groups in total. The highest BCUT2D eigenvalue weighted by Gasteiger charge is 2.32. The molecule has 3 rings (SSSR count). The maximum Gasteiger partial charge on any atom is 0.220 e. The third-order valence-electron chi connectivity index (χ3n) is 4.71. The van der Waals surface area contributed by atoms with E-state index in [-0.39, 0.29) is 36.1 Å². The second-order valence-electron chi connectivity index (χ2n) is 6.26. The van der Waals surface area contributed by atoms with Gasteiger partial charge in [0, 0.05) is 12.6 Å². The summed E-state index contributed by atoms with van der Waals surface area (Å²) in [5, 5.41) is 11.2. The highest BCUT2D eigenvalue weighted by atomic mass is 35.5. The molecule has 0 unspecified atom stereocenters. The van der Waals surface area contributed by atoms with Gasteiger partial charge in [-0.1, -0.05) is 25.3 Å².